The quantitative estimate of drug-likeness (QED) is 0.392. The van der Waals surface area contributed by atoms with E-state index in [9.17, 15) is 0 Å². The summed E-state index contributed by atoms with van der Waals surface area (Å²) in [4.78, 5) is 17.5. The van der Waals surface area contributed by atoms with Crippen molar-refractivity contribution in [1.29, 1.82) is 0 Å². The summed E-state index contributed by atoms with van der Waals surface area (Å²) < 4.78 is 2.06. The average molecular weight is 375 g/mol. The van der Waals surface area contributed by atoms with Crippen LogP contribution in [0.4, 0.5) is 5.95 Å². The fraction of sp³-hybridized carbons (Fsp3) is 0. The highest BCUT2D eigenvalue weighted by molar-refractivity contribution is 5.80. The first-order chi connectivity index (χ1) is 14.3. The first-order valence-corrected chi connectivity index (χ1v) is 9.25. The number of aliphatic imine (C=N–C) groups is 1. The van der Waals surface area contributed by atoms with Gasteiger partial charge in [0.25, 0.3) is 0 Å². The van der Waals surface area contributed by atoms with Crippen LogP contribution in [0.2, 0.25) is 0 Å². The molecule has 0 atom stereocenters. The van der Waals surface area contributed by atoms with Gasteiger partial charge in [-0.05, 0) is 35.5 Å². The number of fused-ring (bicyclic) bond motifs is 1. The summed E-state index contributed by atoms with van der Waals surface area (Å²) in [5, 5.41) is 0. The number of imidazole rings is 1. The molecule has 0 saturated carbocycles. The maximum absolute atomic E-state index is 4.66. The zero-order valence-electron chi connectivity index (χ0n) is 15.6. The molecule has 0 radical (unpaired) electrons. The lowest BCUT2D eigenvalue weighted by Crippen LogP contribution is -1.96. The van der Waals surface area contributed by atoms with Crippen LogP contribution in [0.1, 0.15) is 0 Å². The zero-order chi connectivity index (χ0) is 19.6. The van der Waals surface area contributed by atoms with E-state index in [-0.39, 0.29) is 0 Å². The van der Waals surface area contributed by atoms with Crippen LogP contribution in [0.5, 0.6) is 0 Å². The van der Waals surface area contributed by atoms with Crippen LogP contribution in [0, 0.1) is 0 Å². The fourth-order valence-corrected chi connectivity index (χ4v) is 3.43. The molecular formula is C24H17N5. The maximum atomic E-state index is 4.66. The predicted octanol–water partition coefficient (Wildman–Crippen LogP) is 5.46. The molecule has 0 aliphatic carbocycles. The largest absolute Gasteiger partial charge is 0.298 e. The fourth-order valence-electron chi connectivity index (χ4n) is 3.43. The lowest BCUT2D eigenvalue weighted by molar-refractivity contribution is 1.12. The number of pyridine rings is 1. The minimum Gasteiger partial charge on any atom is -0.298 e. The third-order valence-electron chi connectivity index (χ3n) is 4.86. The summed E-state index contributed by atoms with van der Waals surface area (Å²) in [5.41, 5.74) is 6.71. The molecule has 29 heavy (non-hydrogen) atoms. The van der Waals surface area contributed by atoms with Crippen LogP contribution >= 0.6 is 0 Å². The minimum atomic E-state index is 0.342. The highest BCUT2D eigenvalue weighted by Gasteiger charge is 2.16. The van der Waals surface area contributed by atoms with Crippen molar-refractivity contribution < 1.29 is 0 Å². The number of benzene rings is 2. The van der Waals surface area contributed by atoms with Gasteiger partial charge in [-0.1, -0.05) is 60.7 Å². The highest BCUT2D eigenvalue weighted by atomic mass is 15.1. The molecule has 5 rings (SSSR count). The van der Waals surface area contributed by atoms with Crippen LogP contribution < -0.4 is 0 Å². The van der Waals surface area contributed by atoms with E-state index in [0.29, 0.717) is 5.95 Å². The Kier molecular flexibility index (Phi) is 4.18. The SMILES string of the molecule is C=Nc1ncc(-c2ccccc2)c(-c2cnc3ccc(-c4ccccc4)cn23)n1. The van der Waals surface area contributed by atoms with Gasteiger partial charge < -0.3 is 0 Å². The molecule has 0 bridgehead atoms. The van der Waals surface area contributed by atoms with E-state index in [2.05, 4.69) is 55.5 Å². The van der Waals surface area contributed by atoms with Gasteiger partial charge >= 0.3 is 0 Å². The van der Waals surface area contributed by atoms with Crippen molar-refractivity contribution in [2.24, 2.45) is 4.99 Å². The van der Waals surface area contributed by atoms with E-state index in [1.54, 1.807) is 6.20 Å². The smallest absolute Gasteiger partial charge is 0.249 e. The highest BCUT2D eigenvalue weighted by Crippen LogP contribution is 2.32. The van der Waals surface area contributed by atoms with Crippen molar-refractivity contribution in [3.05, 3.63) is 91.4 Å². The summed E-state index contributed by atoms with van der Waals surface area (Å²) in [6.07, 6.45) is 5.72. The normalized spacial score (nSPS) is 10.9. The lowest BCUT2D eigenvalue weighted by atomic mass is 10.0. The van der Waals surface area contributed by atoms with Crippen LogP contribution in [-0.2, 0) is 0 Å². The second-order valence-electron chi connectivity index (χ2n) is 6.61. The maximum Gasteiger partial charge on any atom is 0.249 e. The third-order valence-corrected chi connectivity index (χ3v) is 4.86. The third kappa shape index (κ3) is 3.08. The van der Waals surface area contributed by atoms with Crippen molar-refractivity contribution in [2.75, 3.05) is 0 Å². The summed E-state index contributed by atoms with van der Waals surface area (Å²) in [6.45, 7) is 3.57. The monoisotopic (exact) mass is 375 g/mol. The molecule has 5 heteroatoms. The number of nitrogens with zero attached hydrogens (tertiary/aromatic N) is 5. The molecule has 0 amide bonds. The molecule has 0 spiro atoms. The number of hydrogen-bond acceptors (Lipinski definition) is 4. The molecule has 138 valence electrons. The average Bonchev–Trinajstić information content (AvgIpc) is 3.23. The second-order valence-corrected chi connectivity index (χ2v) is 6.61. The summed E-state index contributed by atoms with van der Waals surface area (Å²) in [6, 6.07) is 24.5. The minimum absolute atomic E-state index is 0.342. The molecular weight excluding hydrogens is 358 g/mol. The van der Waals surface area contributed by atoms with Crippen molar-refractivity contribution in [3.8, 4) is 33.6 Å². The van der Waals surface area contributed by atoms with Gasteiger partial charge in [0.1, 0.15) is 11.3 Å². The molecule has 0 aliphatic rings. The van der Waals surface area contributed by atoms with Crippen molar-refractivity contribution in [2.45, 2.75) is 0 Å². The van der Waals surface area contributed by atoms with E-state index >= 15 is 0 Å². The van der Waals surface area contributed by atoms with Gasteiger partial charge in [-0.25, -0.2) is 19.9 Å². The van der Waals surface area contributed by atoms with Crippen molar-refractivity contribution in [1.82, 2.24) is 19.4 Å². The van der Waals surface area contributed by atoms with Crippen LogP contribution in [0.15, 0.2) is 96.4 Å². The number of aromatic nitrogens is 4. The van der Waals surface area contributed by atoms with E-state index < -0.39 is 0 Å². The van der Waals surface area contributed by atoms with Crippen LogP contribution in [0.3, 0.4) is 0 Å². The summed E-state index contributed by atoms with van der Waals surface area (Å²) >= 11 is 0. The zero-order valence-corrected chi connectivity index (χ0v) is 15.6. The van der Waals surface area contributed by atoms with Gasteiger partial charge in [-0.15, -0.1) is 0 Å². The lowest BCUT2D eigenvalue weighted by Gasteiger charge is -2.10. The van der Waals surface area contributed by atoms with E-state index in [4.69, 9.17) is 0 Å². The van der Waals surface area contributed by atoms with Crippen molar-refractivity contribution >= 4 is 18.3 Å². The molecule has 0 saturated heterocycles. The Hall–Kier alpha value is -4.12. The molecule has 5 aromatic rings. The Labute approximate surface area is 168 Å². The van der Waals surface area contributed by atoms with Gasteiger partial charge in [0.05, 0.1) is 11.9 Å². The Balaban J connectivity index is 1.74. The molecule has 0 unspecified atom stereocenters. The molecule has 3 aromatic heterocycles. The molecule has 5 nitrogen and oxygen atoms in total. The molecule has 2 aromatic carbocycles. The Morgan fingerprint density at radius 1 is 0.724 bits per heavy atom. The first-order valence-electron chi connectivity index (χ1n) is 9.25. The van der Waals surface area contributed by atoms with Gasteiger partial charge in [0.15, 0.2) is 0 Å². The summed E-state index contributed by atoms with van der Waals surface area (Å²) in [7, 11) is 0. The van der Waals surface area contributed by atoms with Gasteiger partial charge in [-0.3, -0.25) is 4.40 Å². The number of rotatable bonds is 4. The van der Waals surface area contributed by atoms with Crippen LogP contribution in [0.25, 0.3) is 39.3 Å². The van der Waals surface area contributed by atoms with Gasteiger partial charge in [-0.2, -0.15) is 0 Å². The Morgan fingerprint density at radius 3 is 2.17 bits per heavy atom. The van der Waals surface area contributed by atoms with E-state index in [0.717, 1.165) is 39.3 Å². The Bertz CT molecular complexity index is 1310. The predicted molar refractivity (Wildman–Crippen MR) is 116 cm³/mol. The standard InChI is InChI=1S/C24H17N5/c1-25-24-27-14-20(18-10-6-3-7-11-18)23(28-24)21-15-26-22-13-12-19(16-29(21)22)17-8-4-2-5-9-17/h2-16H,1H2. The van der Waals surface area contributed by atoms with E-state index in [1.165, 1.54) is 0 Å². The van der Waals surface area contributed by atoms with Crippen LogP contribution in [-0.4, -0.2) is 26.1 Å². The molecule has 0 N–H and O–H groups in total. The van der Waals surface area contributed by atoms with Gasteiger partial charge in [0, 0.05) is 18.0 Å². The molecule has 0 aliphatic heterocycles. The molecule has 0 fully saturated rings. The topological polar surface area (TPSA) is 55.4 Å². The summed E-state index contributed by atoms with van der Waals surface area (Å²) in [5.74, 6) is 0.342. The van der Waals surface area contributed by atoms with E-state index in [1.807, 2.05) is 60.8 Å². The molecule has 3 heterocycles. The second kappa shape index (κ2) is 7.13. The Morgan fingerprint density at radius 2 is 1.45 bits per heavy atom. The van der Waals surface area contributed by atoms with Gasteiger partial charge in [0.2, 0.25) is 5.95 Å². The van der Waals surface area contributed by atoms with Crippen molar-refractivity contribution in [3.63, 3.8) is 0 Å². The number of hydrogen-bond donors (Lipinski definition) is 0. The first kappa shape index (κ1) is 17.0.